The minimum Gasteiger partial charge on any atom is -0.381 e. The molecule has 0 aromatic carbocycles. The second-order valence-corrected chi connectivity index (χ2v) is 6.03. The zero-order chi connectivity index (χ0) is 14.1. The Bertz CT molecular complexity index is 698. The molecule has 106 valence electrons. The van der Waals surface area contributed by atoms with Crippen LogP contribution in [0.1, 0.15) is 18.4 Å². The van der Waals surface area contributed by atoms with Gasteiger partial charge in [0.05, 0.1) is 25.0 Å². The standard InChI is InChI=1S/C14H16N2O3S/c1-9-7-20-13-12(9)15-8-16(14(13)18)5-11(17)10-3-2-4-19-6-10/h7-8,10H,2-6H2,1H3/t10-/m1/s1. The number of Topliss-reactive ketones (excluding diaryl/α,β-unsaturated/α-hetero) is 1. The fourth-order valence-electron chi connectivity index (χ4n) is 2.46. The van der Waals surface area contributed by atoms with Crippen LogP contribution >= 0.6 is 11.3 Å². The van der Waals surface area contributed by atoms with Crippen molar-refractivity contribution in [1.82, 2.24) is 9.55 Å². The van der Waals surface area contributed by atoms with Crippen LogP contribution in [0.15, 0.2) is 16.5 Å². The Morgan fingerprint density at radius 2 is 2.45 bits per heavy atom. The number of carbonyl (C=O) groups is 1. The average Bonchev–Trinajstić information content (AvgIpc) is 2.85. The van der Waals surface area contributed by atoms with Crippen molar-refractivity contribution in [1.29, 1.82) is 0 Å². The topological polar surface area (TPSA) is 61.2 Å². The summed E-state index contributed by atoms with van der Waals surface area (Å²) < 4.78 is 7.36. The van der Waals surface area contributed by atoms with Crippen molar-refractivity contribution < 1.29 is 9.53 Å². The number of thiophene rings is 1. The minimum absolute atomic E-state index is 0.0567. The molecule has 1 fully saturated rings. The smallest absolute Gasteiger partial charge is 0.271 e. The third-order valence-corrected chi connectivity index (χ3v) is 4.74. The predicted octanol–water partition coefficient (Wildman–Crippen LogP) is 1.76. The molecule has 0 unspecified atom stereocenters. The molecule has 1 aliphatic heterocycles. The number of aromatic nitrogens is 2. The van der Waals surface area contributed by atoms with E-state index in [4.69, 9.17) is 4.74 Å². The molecule has 3 rings (SSSR count). The number of fused-ring (bicyclic) bond motifs is 1. The summed E-state index contributed by atoms with van der Waals surface area (Å²) in [7, 11) is 0. The molecule has 20 heavy (non-hydrogen) atoms. The van der Waals surface area contributed by atoms with Crippen LogP contribution in [0, 0.1) is 12.8 Å². The summed E-state index contributed by atoms with van der Waals surface area (Å²) >= 11 is 1.39. The van der Waals surface area contributed by atoms with Gasteiger partial charge in [-0.2, -0.15) is 0 Å². The lowest BCUT2D eigenvalue weighted by Gasteiger charge is -2.20. The van der Waals surface area contributed by atoms with E-state index in [2.05, 4.69) is 4.98 Å². The van der Waals surface area contributed by atoms with E-state index < -0.39 is 0 Å². The molecule has 5 nitrogen and oxygen atoms in total. The number of rotatable bonds is 3. The largest absolute Gasteiger partial charge is 0.381 e. The van der Waals surface area contributed by atoms with Gasteiger partial charge in [0, 0.05) is 12.5 Å². The van der Waals surface area contributed by atoms with Crippen molar-refractivity contribution in [3.8, 4) is 0 Å². The van der Waals surface area contributed by atoms with E-state index in [1.807, 2.05) is 12.3 Å². The van der Waals surface area contributed by atoms with Crippen LogP contribution in [0.25, 0.3) is 10.2 Å². The van der Waals surface area contributed by atoms with Gasteiger partial charge in [-0.1, -0.05) is 0 Å². The lowest BCUT2D eigenvalue weighted by molar-refractivity contribution is -0.127. The number of nitrogens with zero attached hydrogens (tertiary/aromatic N) is 2. The van der Waals surface area contributed by atoms with Crippen molar-refractivity contribution in [2.75, 3.05) is 13.2 Å². The molecule has 0 N–H and O–H groups in total. The zero-order valence-electron chi connectivity index (χ0n) is 11.3. The predicted molar refractivity (Wildman–Crippen MR) is 77.2 cm³/mol. The summed E-state index contributed by atoms with van der Waals surface area (Å²) in [5.41, 5.74) is 1.61. The van der Waals surface area contributed by atoms with Gasteiger partial charge in [0.15, 0.2) is 5.78 Å². The SMILES string of the molecule is Cc1csc2c(=O)n(CC(=O)[C@@H]3CCCOC3)cnc12. The van der Waals surface area contributed by atoms with Crippen molar-refractivity contribution in [3.05, 3.63) is 27.6 Å². The number of aryl methyl sites for hydroxylation is 1. The van der Waals surface area contributed by atoms with Gasteiger partial charge in [0.2, 0.25) is 0 Å². The van der Waals surface area contributed by atoms with Crippen molar-refractivity contribution >= 4 is 27.3 Å². The summed E-state index contributed by atoms with van der Waals surface area (Å²) in [5, 5.41) is 1.92. The summed E-state index contributed by atoms with van der Waals surface area (Å²) in [5.74, 6) is -0.0300. The van der Waals surface area contributed by atoms with E-state index in [9.17, 15) is 9.59 Å². The molecule has 2 aromatic rings. The van der Waals surface area contributed by atoms with E-state index in [1.54, 1.807) is 0 Å². The van der Waals surface area contributed by atoms with Crippen LogP contribution in [0.4, 0.5) is 0 Å². The molecule has 1 saturated heterocycles. The van der Waals surface area contributed by atoms with E-state index in [0.29, 0.717) is 11.3 Å². The number of ketones is 1. The first kappa shape index (κ1) is 13.5. The highest BCUT2D eigenvalue weighted by Gasteiger charge is 2.22. The summed E-state index contributed by atoms with van der Waals surface area (Å²) in [6.07, 6.45) is 3.24. The quantitative estimate of drug-likeness (QED) is 0.865. The third-order valence-electron chi connectivity index (χ3n) is 3.67. The van der Waals surface area contributed by atoms with Gasteiger partial charge in [0.25, 0.3) is 5.56 Å². The first-order valence-corrected chi connectivity index (χ1v) is 7.58. The molecule has 0 radical (unpaired) electrons. The highest BCUT2D eigenvalue weighted by atomic mass is 32.1. The molecular formula is C14H16N2O3S. The Balaban J connectivity index is 1.85. The molecule has 1 aliphatic rings. The lowest BCUT2D eigenvalue weighted by atomic mass is 9.97. The van der Waals surface area contributed by atoms with Crippen LogP contribution in [-0.2, 0) is 16.1 Å². The van der Waals surface area contributed by atoms with E-state index in [1.165, 1.54) is 22.2 Å². The first-order valence-electron chi connectivity index (χ1n) is 6.70. The van der Waals surface area contributed by atoms with Crippen LogP contribution < -0.4 is 5.56 Å². The second-order valence-electron chi connectivity index (χ2n) is 5.15. The van der Waals surface area contributed by atoms with Gasteiger partial charge in [-0.25, -0.2) is 4.98 Å². The lowest BCUT2D eigenvalue weighted by Crippen LogP contribution is -2.31. The fraction of sp³-hybridized carbons (Fsp3) is 0.500. The fourth-order valence-corrected chi connectivity index (χ4v) is 3.41. The van der Waals surface area contributed by atoms with Gasteiger partial charge in [-0.05, 0) is 30.7 Å². The molecule has 0 bridgehead atoms. The molecular weight excluding hydrogens is 276 g/mol. The Kier molecular flexibility index (Phi) is 3.67. The Labute approximate surface area is 120 Å². The second kappa shape index (κ2) is 5.46. The maximum Gasteiger partial charge on any atom is 0.271 e. The normalized spacial score (nSPS) is 19.4. The highest BCUT2D eigenvalue weighted by Crippen LogP contribution is 2.20. The molecule has 2 aromatic heterocycles. The van der Waals surface area contributed by atoms with Crippen LogP contribution in [-0.4, -0.2) is 28.5 Å². The monoisotopic (exact) mass is 292 g/mol. The third kappa shape index (κ3) is 2.41. The molecule has 1 atom stereocenters. The molecule has 0 spiro atoms. The van der Waals surface area contributed by atoms with Crippen LogP contribution in [0.5, 0.6) is 0 Å². The minimum atomic E-state index is -0.127. The number of ether oxygens (including phenoxy) is 1. The highest BCUT2D eigenvalue weighted by molar-refractivity contribution is 7.17. The summed E-state index contributed by atoms with van der Waals surface area (Å²) in [6, 6.07) is 0. The number of hydrogen-bond acceptors (Lipinski definition) is 5. The summed E-state index contributed by atoms with van der Waals surface area (Å²) in [6.45, 7) is 3.22. The maximum absolute atomic E-state index is 12.3. The molecule has 6 heteroatoms. The van der Waals surface area contributed by atoms with Gasteiger partial charge in [-0.3, -0.25) is 14.2 Å². The van der Waals surface area contributed by atoms with Gasteiger partial charge in [0.1, 0.15) is 4.70 Å². The van der Waals surface area contributed by atoms with Crippen molar-refractivity contribution in [3.63, 3.8) is 0 Å². The van der Waals surface area contributed by atoms with Gasteiger partial charge < -0.3 is 4.74 Å². The van der Waals surface area contributed by atoms with Gasteiger partial charge in [-0.15, -0.1) is 11.3 Å². The molecule has 3 heterocycles. The molecule has 0 amide bonds. The van der Waals surface area contributed by atoms with Crippen molar-refractivity contribution in [2.45, 2.75) is 26.3 Å². The van der Waals surface area contributed by atoms with E-state index in [0.717, 1.165) is 30.5 Å². The maximum atomic E-state index is 12.3. The summed E-state index contributed by atoms with van der Waals surface area (Å²) in [4.78, 5) is 28.8. The zero-order valence-corrected chi connectivity index (χ0v) is 12.1. The Hall–Kier alpha value is -1.53. The first-order chi connectivity index (χ1) is 9.66. The van der Waals surface area contributed by atoms with Crippen molar-refractivity contribution in [2.24, 2.45) is 5.92 Å². The molecule has 0 aliphatic carbocycles. The number of carbonyl (C=O) groups excluding carboxylic acids is 1. The van der Waals surface area contributed by atoms with E-state index >= 15 is 0 Å². The van der Waals surface area contributed by atoms with Gasteiger partial charge >= 0.3 is 0 Å². The van der Waals surface area contributed by atoms with E-state index in [-0.39, 0.29) is 23.8 Å². The van der Waals surface area contributed by atoms with Crippen LogP contribution in [0.2, 0.25) is 0 Å². The Morgan fingerprint density at radius 3 is 3.20 bits per heavy atom. The Morgan fingerprint density at radius 1 is 1.60 bits per heavy atom. The molecule has 0 saturated carbocycles. The average molecular weight is 292 g/mol. The number of hydrogen-bond donors (Lipinski definition) is 0. The van der Waals surface area contributed by atoms with Crippen LogP contribution in [0.3, 0.4) is 0 Å².